The second-order valence-corrected chi connectivity index (χ2v) is 6.93. The van der Waals surface area contributed by atoms with Crippen molar-refractivity contribution < 1.29 is 36.9 Å². The number of hydrogen-bond donors (Lipinski definition) is 2. The molecule has 1 unspecified atom stereocenters. The molecule has 0 aliphatic rings. The monoisotopic (exact) mass is 501 g/mol. The number of nitrogens with zero attached hydrogens (tertiary/aromatic N) is 2. The van der Waals surface area contributed by atoms with Gasteiger partial charge in [-0.15, -0.1) is 0 Å². The molecule has 2 N–H and O–H groups in total. The molecule has 0 aromatic heterocycles. The standard InChI is InChI=1S/2C5H11NS2.C4H6O4S.Fe/c2*1-3-6(4-2)5(7)8;5-3(6)1-2(9)4(7)8;/h2*3-4H2,1-2H3,(H,7,8);2,9H,1H2,(H,5,6)(H,7,8);/q;;;+2/p-3. The number of carboxylic acid groups (broad SMARTS) is 2. The van der Waals surface area contributed by atoms with E-state index in [9.17, 15) is 9.59 Å². The smallest absolute Gasteiger partial charge is 0.778 e. The summed E-state index contributed by atoms with van der Waals surface area (Å²) in [6.07, 6.45) is -0.495. The maximum atomic E-state index is 9.87. The average molecular weight is 502 g/mol. The number of thiocarbonyl (C=S) groups is 2. The van der Waals surface area contributed by atoms with Crippen LogP contribution in [0.4, 0.5) is 0 Å². The molecule has 1 atom stereocenters. The maximum absolute atomic E-state index is 9.87. The fourth-order valence-corrected chi connectivity index (χ4v) is 2.38. The Morgan fingerprint density at radius 2 is 1.15 bits per heavy atom. The normalized spacial score (nSPS) is 9.73. The Labute approximate surface area is 194 Å². The first-order chi connectivity index (χ1) is 11.5. The largest absolute Gasteiger partial charge is 2.00 e. The van der Waals surface area contributed by atoms with E-state index in [0.29, 0.717) is 8.64 Å². The third-order valence-electron chi connectivity index (χ3n) is 2.68. The molecule has 0 radical (unpaired) electrons. The van der Waals surface area contributed by atoms with Crippen molar-refractivity contribution >= 4 is 82.9 Å². The van der Waals surface area contributed by atoms with Crippen LogP contribution in [0.2, 0.25) is 0 Å². The number of hydrogen-bond acceptors (Lipinski definition) is 7. The Morgan fingerprint density at radius 3 is 1.19 bits per heavy atom. The molecule has 0 bridgehead atoms. The van der Waals surface area contributed by atoms with Crippen LogP contribution in [0, 0.1) is 0 Å². The first-order valence-electron chi connectivity index (χ1n) is 7.50. The first-order valence-corrected chi connectivity index (χ1v) is 9.60. The Bertz CT molecular complexity index is 400. The van der Waals surface area contributed by atoms with Gasteiger partial charge in [0.15, 0.2) is 0 Å². The van der Waals surface area contributed by atoms with Gasteiger partial charge < -0.3 is 82.3 Å². The predicted octanol–water partition coefficient (Wildman–Crippen LogP) is 1.78. The molecule has 0 aliphatic heterocycles. The van der Waals surface area contributed by atoms with E-state index in [1.165, 1.54) is 0 Å². The summed E-state index contributed by atoms with van der Waals surface area (Å²) in [5.74, 6) is -2.44. The summed E-state index contributed by atoms with van der Waals surface area (Å²) in [6, 6.07) is 0. The molecule has 0 saturated carbocycles. The zero-order valence-corrected chi connectivity index (χ0v) is 20.3. The molecule has 0 spiro atoms. The average Bonchev–Trinajstić information content (AvgIpc) is 2.49. The molecule has 0 fully saturated rings. The van der Waals surface area contributed by atoms with Crippen molar-refractivity contribution in [1.29, 1.82) is 0 Å². The summed E-state index contributed by atoms with van der Waals surface area (Å²) in [5.41, 5.74) is 0. The summed E-state index contributed by atoms with van der Waals surface area (Å²) >= 11 is 23.3. The van der Waals surface area contributed by atoms with Crippen molar-refractivity contribution in [2.75, 3.05) is 26.2 Å². The molecule has 6 nitrogen and oxygen atoms in total. The third-order valence-corrected chi connectivity index (χ3v) is 4.08. The summed E-state index contributed by atoms with van der Waals surface area (Å²) in [7, 11) is 0. The molecule has 0 heterocycles. The first kappa shape index (κ1) is 33.6. The second-order valence-electron chi connectivity index (χ2n) is 4.30. The van der Waals surface area contributed by atoms with E-state index in [1.807, 2.05) is 37.5 Å². The molecular weight excluding hydrogens is 476 g/mol. The van der Waals surface area contributed by atoms with E-state index in [2.05, 4.69) is 12.6 Å². The van der Waals surface area contributed by atoms with Crippen molar-refractivity contribution in [2.45, 2.75) is 39.4 Å². The second kappa shape index (κ2) is 21.3. The van der Waals surface area contributed by atoms with Gasteiger partial charge in [0.05, 0.1) is 0 Å². The van der Waals surface area contributed by atoms with Crippen LogP contribution < -0.4 is 0 Å². The van der Waals surface area contributed by atoms with Gasteiger partial charge in [-0.3, -0.25) is 9.59 Å². The molecular formula is C14H25FeN2O4S5-. The van der Waals surface area contributed by atoms with Gasteiger partial charge in [0.2, 0.25) is 0 Å². The summed E-state index contributed by atoms with van der Waals surface area (Å²) in [4.78, 5) is 23.6. The van der Waals surface area contributed by atoms with Crippen LogP contribution in [0.25, 0.3) is 0 Å². The number of carboxylic acids is 2. The SMILES string of the molecule is CCN(CC)C(=S)[S-].CCN(CC)C(=S)[S-].O=C(O)CC([S-])C(=O)O.[Fe+2]. The van der Waals surface area contributed by atoms with E-state index in [0.717, 1.165) is 26.2 Å². The van der Waals surface area contributed by atoms with Gasteiger partial charge in [-0.25, -0.2) is 0 Å². The Kier molecular flexibility index (Phi) is 27.6. The predicted molar refractivity (Wildman–Crippen MR) is 117 cm³/mol. The third kappa shape index (κ3) is 22.1. The fourth-order valence-electron chi connectivity index (χ4n) is 1.21. The fraction of sp³-hybridized carbons (Fsp3) is 0.714. The van der Waals surface area contributed by atoms with Gasteiger partial charge in [0.25, 0.3) is 5.97 Å². The van der Waals surface area contributed by atoms with Crippen LogP contribution in [0.1, 0.15) is 34.1 Å². The molecule has 26 heavy (non-hydrogen) atoms. The molecule has 0 saturated heterocycles. The van der Waals surface area contributed by atoms with Crippen molar-refractivity contribution in [2.24, 2.45) is 0 Å². The summed E-state index contributed by atoms with van der Waals surface area (Å²) in [5, 5.41) is 14.9. The molecule has 0 rings (SSSR count). The zero-order chi connectivity index (χ0) is 20.6. The van der Waals surface area contributed by atoms with Crippen LogP contribution in [0.5, 0.6) is 0 Å². The van der Waals surface area contributed by atoms with E-state index in [1.54, 1.807) is 0 Å². The van der Waals surface area contributed by atoms with Crippen molar-refractivity contribution in [3.05, 3.63) is 0 Å². The summed E-state index contributed by atoms with van der Waals surface area (Å²) in [6.45, 7) is 11.9. The van der Waals surface area contributed by atoms with Crippen molar-refractivity contribution in [3.63, 3.8) is 0 Å². The number of carbonyl (C=O) groups is 2. The zero-order valence-electron chi connectivity index (χ0n) is 15.1. The van der Waals surface area contributed by atoms with Crippen LogP contribution in [0.15, 0.2) is 0 Å². The minimum Gasteiger partial charge on any atom is -0.778 e. The van der Waals surface area contributed by atoms with Crippen molar-refractivity contribution in [3.8, 4) is 0 Å². The van der Waals surface area contributed by atoms with Crippen molar-refractivity contribution in [1.82, 2.24) is 9.80 Å². The van der Waals surface area contributed by atoms with Gasteiger partial charge in [-0.2, -0.15) is 0 Å². The van der Waals surface area contributed by atoms with Crippen LogP contribution in [-0.4, -0.2) is 72.0 Å². The molecule has 0 aromatic rings. The maximum Gasteiger partial charge on any atom is 2.00 e. The van der Waals surface area contributed by atoms with Crippen LogP contribution in [-0.2, 0) is 64.5 Å². The number of rotatable bonds is 7. The molecule has 154 valence electrons. The van der Waals surface area contributed by atoms with Gasteiger partial charge >= 0.3 is 23.0 Å². The Balaban J connectivity index is -0.000000137. The minimum absolute atomic E-state index is 0. The van der Waals surface area contributed by atoms with Crippen LogP contribution >= 0.6 is 24.4 Å². The molecule has 0 aromatic carbocycles. The topological polar surface area (TPSA) is 81.1 Å². The van der Waals surface area contributed by atoms with E-state index in [4.69, 9.17) is 59.9 Å². The quantitative estimate of drug-likeness (QED) is 0.304. The van der Waals surface area contributed by atoms with Gasteiger partial charge in [-0.05, 0) is 27.7 Å². The molecule has 0 aliphatic carbocycles. The van der Waals surface area contributed by atoms with Gasteiger partial charge in [-0.1, -0.05) is 13.9 Å². The molecule has 0 amide bonds. The van der Waals surface area contributed by atoms with E-state index in [-0.39, 0.29) is 17.1 Å². The number of aliphatic carboxylic acids is 2. The van der Waals surface area contributed by atoms with E-state index < -0.39 is 23.6 Å². The summed E-state index contributed by atoms with van der Waals surface area (Å²) < 4.78 is 1.16. The van der Waals surface area contributed by atoms with Gasteiger partial charge in [0.1, 0.15) is 0 Å². The van der Waals surface area contributed by atoms with Gasteiger partial charge in [0, 0.05) is 32.6 Å². The Hall–Kier alpha value is 0.0295. The van der Waals surface area contributed by atoms with Crippen LogP contribution in [0.3, 0.4) is 0 Å². The van der Waals surface area contributed by atoms with E-state index >= 15 is 0 Å². The molecule has 12 heteroatoms. The minimum atomic E-state index is -1.26. The Morgan fingerprint density at radius 1 is 0.885 bits per heavy atom.